The van der Waals surface area contributed by atoms with Crippen LogP contribution >= 0.6 is 0 Å². The summed E-state index contributed by atoms with van der Waals surface area (Å²) in [6.45, 7) is 11.5. The molecule has 0 bridgehead atoms. The zero-order valence-electron chi connectivity index (χ0n) is 17.5. The fourth-order valence-electron chi connectivity index (χ4n) is 4.17. The third-order valence-electron chi connectivity index (χ3n) is 6.01. The second kappa shape index (κ2) is 6.72. The second-order valence-corrected chi connectivity index (χ2v) is 8.97. The second-order valence-electron chi connectivity index (χ2n) is 8.97. The number of rotatable bonds is 5. The maximum absolute atomic E-state index is 13.7. The van der Waals surface area contributed by atoms with E-state index in [9.17, 15) is 4.79 Å². The lowest BCUT2D eigenvalue weighted by Gasteiger charge is -2.41. The van der Waals surface area contributed by atoms with Crippen LogP contribution in [0.15, 0.2) is 10.7 Å². The molecule has 7 heteroatoms. The van der Waals surface area contributed by atoms with Crippen molar-refractivity contribution >= 4 is 22.8 Å². The molecule has 2 aromatic heterocycles. The van der Waals surface area contributed by atoms with Crippen LogP contribution in [0.5, 0.6) is 0 Å². The van der Waals surface area contributed by atoms with Gasteiger partial charge in [-0.2, -0.15) is 0 Å². The monoisotopic (exact) mass is 386 g/mol. The molecule has 3 heterocycles. The van der Waals surface area contributed by atoms with E-state index in [0.717, 1.165) is 25.7 Å². The van der Waals surface area contributed by atoms with E-state index in [2.05, 4.69) is 36.1 Å². The van der Waals surface area contributed by atoms with Gasteiger partial charge >= 0.3 is 0 Å². The first-order chi connectivity index (χ1) is 13.2. The molecule has 1 atom stereocenters. The first-order valence-electron chi connectivity index (χ1n) is 10.2. The van der Waals surface area contributed by atoms with Crippen molar-refractivity contribution in [3.63, 3.8) is 0 Å². The number of hydrogen-bond donors (Lipinski definition) is 1. The van der Waals surface area contributed by atoms with Gasteiger partial charge in [0.25, 0.3) is 5.91 Å². The van der Waals surface area contributed by atoms with Gasteiger partial charge in [-0.15, -0.1) is 0 Å². The zero-order valence-corrected chi connectivity index (χ0v) is 17.5. The molecule has 28 heavy (non-hydrogen) atoms. The maximum Gasteiger partial charge on any atom is 0.258 e. The molecule has 1 aliphatic carbocycles. The molecular weight excluding hydrogens is 356 g/mol. The molecule has 2 fully saturated rings. The SMILES string of the molecule is CCN(C(=O)c1c(C)oc2ncnc(NC3(C)CC3)c12)C1CCOC(C)(C)C1. The smallest absolute Gasteiger partial charge is 0.258 e. The van der Waals surface area contributed by atoms with Crippen LogP contribution < -0.4 is 5.32 Å². The summed E-state index contributed by atoms with van der Waals surface area (Å²) in [5.74, 6) is 1.27. The van der Waals surface area contributed by atoms with Gasteiger partial charge in [-0.05, 0) is 60.3 Å². The number of hydrogen-bond acceptors (Lipinski definition) is 6. The van der Waals surface area contributed by atoms with Gasteiger partial charge in [-0.3, -0.25) is 4.79 Å². The lowest BCUT2D eigenvalue weighted by Crippen LogP contribution is -2.48. The third kappa shape index (κ3) is 3.48. The summed E-state index contributed by atoms with van der Waals surface area (Å²) in [4.78, 5) is 24.3. The van der Waals surface area contributed by atoms with Crippen molar-refractivity contribution in [3.8, 4) is 0 Å². The van der Waals surface area contributed by atoms with Crippen molar-refractivity contribution in [2.45, 2.75) is 77.5 Å². The molecular formula is C21H30N4O3. The Labute approximate surface area is 165 Å². The molecule has 2 aromatic rings. The Hall–Kier alpha value is -2.15. The summed E-state index contributed by atoms with van der Waals surface area (Å²) in [6.07, 6.45) is 5.35. The quantitative estimate of drug-likeness (QED) is 0.839. The number of carbonyl (C=O) groups excluding carboxylic acids is 1. The van der Waals surface area contributed by atoms with Gasteiger partial charge in [0, 0.05) is 24.7 Å². The molecule has 7 nitrogen and oxygen atoms in total. The highest BCUT2D eigenvalue weighted by atomic mass is 16.5. The van der Waals surface area contributed by atoms with E-state index >= 15 is 0 Å². The normalized spacial score (nSPS) is 22.8. The van der Waals surface area contributed by atoms with Crippen molar-refractivity contribution in [2.24, 2.45) is 0 Å². The van der Waals surface area contributed by atoms with Crippen LogP contribution in [0, 0.1) is 6.92 Å². The van der Waals surface area contributed by atoms with Gasteiger partial charge in [-0.1, -0.05) is 0 Å². The fraction of sp³-hybridized carbons (Fsp3) is 0.667. The van der Waals surface area contributed by atoms with Crippen molar-refractivity contribution in [2.75, 3.05) is 18.5 Å². The number of aryl methyl sites for hydroxylation is 1. The van der Waals surface area contributed by atoms with E-state index in [0.29, 0.717) is 41.4 Å². The van der Waals surface area contributed by atoms with Gasteiger partial charge in [0.2, 0.25) is 5.71 Å². The third-order valence-corrected chi connectivity index (χ3v) is 6.01. The number of nitrogens with one attached hydrogen (secondary N) is 1. The average Bonchev–Trinajstić information content (AvgIpc) is 3.23. The van der Waals surface area contributed by atoms with E-state index in [1.165, 1.54) is 6.33 Å². The Kier molecular flexibility index (Phi) is 4.61. The topological polar surface area (TPSA) is 80.5 Å². The summed E-state index contributed by atoms with van der Waals surface area (Å²) >= 11 is 0. The number of carbonyl (C=O) groups is 1. The molecule has 0 spiro atoms. The summed E-state index contributed by atoms with van der Waals surface area (Å²) in [6, 6.07) is 0.146. The number of anilines is 1. The first kappa shape index (κ1) is 19.2. The molecule has 0 aromatic carbocycles. The highest BCUT2D eigenvalue weighted by molar-refractivity contribution is 6.10. The fourth-order valence-corrected chi connectivity index (χ4v) is 4.17. The van der Waals surface area contributed by atoms with E-state index in [4.69, 9.17) is 9.15 Å². The first-order valence-corrected chi connectivity index (χ1v) is 10.2. The molecule has 1 saturated carbocycles. The van der Waals surface area contributed by atoms with Crippen LogP contribution in [0.25, 0.3) is 11.1 Å². The van der Waals surface area contributed by atoms with Crippen molar-refractivity contribution in [3.05, 3.63) is 17.7 Å². The van der Waals surface area contributed by atoms with Crippen LogP contribution in [0.2, 0.25) is 0 Å². The summed E-state index contributed by atoms with van der Waals surface area (Å²) in [7, 11) is 0. The standard InChI is InChI=1S/C21H30N4O3/c1-6-25(14-7-10-27-20(3,4)11-14)19(26)15-13(2)28-18-16(15)17(22-12-23-18)24-21(5)8-9-21/h12,14H,6-11H2,1-5H3,(H,22,23,24). The van der Waals surface area contributed by atoms with Crippen molar-refractivity contribution in [1.29, 1.82) is 0 Å². The Balaban J connectivity index is 1.72. The van der Waals surface area contributed by atoms with E-state index in [1.54, 1.807) is 0 Å². The van der Waals surface area contributed by atoms with Crippen LogP contribution in [-0.2, 0) is 4.74 Å². The Morgan fingerprint density at radius 1 is 1.32 bits per heavy atom. The number of aromatic nitrogens is 2. The highest BCUT2D eigenvalue weighted by Gasteiger charge is 2.40. The molecule has 1 aliphatic heterocycles. The van der Waals surface area contributed by atoms with Crippen molar-refractivity contribution in [1.82, 2.24) is 14.9 Å². The maximum atomic E-state index is 13.7. The number of furan rings is 1. The lowest BCUT2D eigenvalue weighted by molar-refractivity contribution is -0.0777. The minimum Gasteiger partial charge on any atom is -0.442 e. The predicted octanol–water partition coefficient (Wildman–Crippen LogP) is 3.92. The average molecular weight is 386 g/mol. The van der Waals surface area contributed by atoms with E-state index in [1.807, 2.05) is 18.7 Å². The number of ether oxygens (including phenoxy) is 1. The molecule has 152 valence electrons. The van der Waals surface area contributed by atoms with Gasteiger partial charge in [-0.25, -0.2) is 9.97 Å². The summed E-state index contributed by atoms with van der Waals surface area (Å²) in [5.41, 5.74) is 0.863. The highest BCUT2D eigenvalue weighted by Crippen LogP contribution is 2.40. The molecule has 1 amide bonds. The minimum absolute atomic E-state index is 0.0137. The zero-order chi connectivity index (χ0) is 20.1. The van der Waals surface area contributed by atoms with Gasteiger partial charge in [0.05, 0.1) is 16.6 Å². The largest absolute Gasteiger partial charge is 0.442 e. The van der Waals surface area contributed by atoms with E-state index < -0.39 is 0 Å². The molecule has 2 aliphatic rings. The van der Waals surface area contributed by atoms with Gasteiger partial charge in [0.1, 0.15) is 17.9 Å². The molecule has 1 saturated heterocycles. The Morgan fingerprint density at radius 3 is 2.71 bits per heavy atom. The van der Waals surface area contributed by atoms with Gasteiger partial charge < -0.3 is 19.4 Å². The minimum atomic E-state index is -0.222. The molecule has 0 radical (unpaired) electrons. The summed E-state index contributed by atoms with van der Waals surface area (Å²) in [5, 5.41) is 4.19. The Morgan fingerprint density at radius 2 is 2.07 bits per heavy atom. The van der Waals surface area contributed by atoms with Crippen LogP contribution in [0.1, 0.15) is 69.5 Å². The molecule has 4 rings (SSSR count). The van der Waals surface area contributed by atoms with Crippen LogP contribution in [-0.4, -0.2) is 51.1 Å². The van der Waals surface area contributed by atoms with Crippen molar-refractivity contribution < 1.29 is 13.9 Å². The number of nitrogens with zero attached hydrogens (tertiary/aromatic N) is 3. The van der Waals surface area contributed by atoms with Gasteiger partial charge in [0.15, 0.2) is 0 Å². The van der Waals surface area contributed by atoms with Crippen LogP contribution in [0.3, 0.4) is 0 Å². The van der Waals surface area contributed by atoms with Crippen LogP contribution in [0.4, 0.5) is 5.82 Å². The number of amides is 1. The summed E-state index contributed by atoms with van der Waals surface area (Å²) < 4.78 is 11.7. The van der Waals surface area contributed by atoms with E-state index in [-0.39, 0.29) is 23.1 Å². The molecule has 1 N–H and O–H groups in total. The predicted molar refractivity (Wildman–Crippen MR) is 108 cm³/mol. The lowest BCUT2D eigenvalue weighted by atomic mass is 9.92. The number of fused-ring (bicyclic) bond motifs is 1. The Bertz CT molecular complexity index is 900. The molecule has 1 unspecified atom stereocenters.